The van der Waals surface area contributed by atoms with Crippen molar-refractivity contribution in [3.05, 3.63) is 411 Å². The molecule has 530 valence electrons. The summed E-state index contributed by atoms with van der Waals surface area (Å²) in [7, 11) is 0. The van der Waals surface area contributed by atoms with E-state index in [1.54, 1.807) is 0 Å². The lowest BCUT2D eigenvalue weighted by Crippen LogP contribution is -2.61. The first-order valence-corrected chi connectivity index (χ1v) is 39.0. The number of aromatic nitrogens is 2. The zero-order valence-corrected chi connectivity index (χ0v) is 62.8. The molecule has 0 saturated heterocycles. The first-order valence-electron chi connectivity index (χ1n) is 39.0. The third kappa shape index (κ3) is 11.2. The van der Waals surface area contributed by atoms with E-state index in [-0.39, 0.29) is 12.1 Å². The second-order valence-corrected chi connectivity index (χ2v) is 31.0. The van der Waals surface area contributed by atoms with Gasteiger partial charge in [0, 0.05) is 77.9 Å². The van der Waals surface area contributed by atoms with Gasteiger partial charge in [0.15, 0.2) is 5.69 Å². The van der Waals surface area contributed by atoms with Gasteiger partial charge in [0.05, 0.1) is 40.0 Å². The highest BCUT2D eigenvalue weighted by molar-refractivity contribution is 7.00. The summed E-state index contributed by atoms with van der Waals surface area (Å²) in [6.45, 7) is 14.7. The molecule has 6 heteroatoms. The van der Waals surface area contributed by atoms with Gasteiger partial charge in [-0.2, -0.15) is 0 Å². The fraction of sp³-hybridized carbons (Fsp3) is 0.0374. The normalized spacial score (nSPS) is 12.3. The van der Waals surface area contributed by atoms with Crippen molar-refractivity contribution < 1.29 is 0 Å². The summed E-state index contributed by atoms with van der Waals surface area (Å²) in [6, 6.07) is 147. The fourth-order valence-corrected chi connectivity index (χ4v) is 18.1. The van der Waals surface area contributed by atoms with Gasteiger partial charge in [0.1, 0.15) is 0 Å². The standard InChI is InChI=1S/C107H74BN5/c1-107(2,3)82-53-49-76(50-54-82)92-63-79(71-31-12-6-13-32-71)62-90(74-35-16-8-17-36-74)105(92)112-100-68-84(110-96-45-24-20-41-86(96)87-42-21-25-46-97(87)110)57-59-94(100)108-95-60-58-85(111-98-47-26-22-43-88(98)89-44-23-27-48-99(89)111)69-101(95)113(103-67-81(66-102(112)104(103)108)72-33-14-7-15-34-72)106-91(75-37-18-9-19-38-75)64-80(73-51-55-83(109-4)56-52-73)65-93(106)78-40-28-39-77(61-78)70-29-10-5-11-30-70/h5-69H,1-3H3. The lowest BCUT2D eigenvalue weighted by Gasteiger charge is -2.46. The van der Waals surface area contributed by atoms with Gasteiger partial charge in [0.2, 0.25) is 0 Å². The van der Waals surface area contributed by atoms with Crippen LogP contribution in [0.4, 0.5) is 39.8 Å². The SMILES string of the molecule is [C-]#[N+]c1ccc(-c2cc(-c3ccccc3)c(N3c4cc(-n5c6ccccc6c6ccccc65)ccc4B4c5ccc(-n6c7ccccc7c7ccccc76)cc5N(c5c(-c6ccccc6)cc(-c6ccccc6)cc5-c5ccc(C(C)(C)C)cc5)c5cc(-c6ccccc6)cc3c54)c(-c3cccc(-c4ccccc4)c3)c2)cc1. The van der Waals surface area contributed by atoms with Crippen molar-refractivity contribution in [3.63, 3.8) is 0 Å². The molecule has 19 aromatic rings. The molecule has 0 unspecified atom stereocenters. The molecule has 0 bridgehead atoms. The van der Waals surface area contributed by atoms with Crippen molar-refractivity contribution in [3.8, 4) is 100 Å². The Morgan fingerprint density at radius 2 is 0.575 bits per heavy atom. The summed E-state index contributed by atoms with van der Waals surface area (Å²) >= 11 is 0. The van der Waals surface area contributed by atoms with Crippen LogP contribution in [0.2, 0.25) is 0 Å². The Hall–Kier alpha value is -14.5. The van der Waals surface area contributed by atoms with Gasteiger partial charge in [-0.25, -0.2) is 4.85 Å². The highest BCUT2D eigenvalue weighted by atomic mass is 15.2. The number of hydrogen-bond donors (Lipinski definition) is 0. The molecule has 0 aliphatic carbocycles. The summed E-state index contributed by atoms with van der Waals surface area (Å²) in [6.07, 6.45) is 0. The van der Waals surface area contributed by atoms with E-state index in [0.717, 1.165) is 157 Å². The lowest BCUT2D eigenvalue weighted by atomic mass is 9.33. The summed E-state index contributed by atoms with van der Waals surface area (Å²) < 4.78 is 4.97. The molecule has 0 saturated carbocycles. The molecule has 113 heavy (non-hydrogen) atoms. The van der Waals surface area contributed by atoms with Crippen LogP contribution in [-0.4, -0.2) is 15.8 Å². The number of rotatable bonds is 12. The van der Waals surface area contributed by atoms with Crippen molar-refractivity contribution in [2.45, 2.75) is 26.2 Å². The average Bonchev–Trinajstić information content (AvgIpc) is 1.52. The molecule has 0 amide bonds. The number of fused-ring (bicyclic) bond motifs is 10. The maximum absolute atomic E-state index is 8.09. The Labute approximate surface area is 659 Å². The molecule has 21 rings (SSSR count). The maximum Gasteiger partial charge on any atom is 0.252 e. The summed E-state index contributed by atoms with van der Waals surface area (Å²) in [5.74, 6) is 0. The maximum atomic E-state index is 8.09. The zero-order valence-electron chi connectivity index (χ0n) is 62.8. The number of hydrogen-bond acceptors (Lipinski definition) is 2. The molecular weight excluding hydrogens is 1370 g/mol. The summed E-state index contributed by atoms with van der Waals surface area (Å²) in [5, 5.41) is 4.81. The van der Waals surface area contributed by atoms with Crippen LogP contribution in [0.15, 0.2) is 394 Å². The quantitative estimate of drug-likeness (QED) is 0.0898. The predicted molar refractivity (Wildman–Crippen MR) is 478 cm³/mol. The van der Waals surface area contributed by atoms with Crippen LogP contribution in [0.5, 0.6) is 0 Å². The highest BCUT2D eigenvalue weighted by Gasteiger charge is 2.46. The minimum absolute atomic E-state index is 0.0916. The Balaban J connectivity index is 0.953. The van der Waals surface area contributed by atoms with Gasteiger partial charge >= 0.3 is 0 Å². The summed E-state index contributed by atoms with van der Waals surface area (Å²) in [4.78, 5) is 9.27. The van der Waals surface area contributed by atoms with Crippen LogP contribution in [0.1, 0.15) is 26.3 Å². The molecule has 2 aliphatic rings. The third-order valence-corrected chi connectivity index (χ3v) is 23.4. The van der Waals surface area contributed by atoms with Crippen molar-refractivity contribution in [1.29, 1.82) is 0 Å². The second kappa shape index (κ2) is 27.0. The van der Waals surface area contributed by atoms with E-state index >= 15 is 0 Å². The van der Waals surface area contributed by atoms with E-state index in [1.165, 1.54) is 43.5 Å². The molecule has 17 aromatic carbocycles. The predicted octanol–water partition coefficient (Wildman–Crippen LogP) is 27.1. The molecule has 2 aromatic heterocycles. The van der Waals surface area contributed by atoms with Crippen LogP contribution in [0, 0.1) is 6.57 Å². The van der Waals surface area contributed by atoms with Gasteiger partial charge in [-0.3, -0.25) is 0 Å². The van der Waals surface area contributed by atoms with Crippen LogP contribution in [0.25, 0.3) is 149 Å². The van der Waals surface area contributed by atoms with E-state index in [0.29, 0.717) is 5.69 Å². The summed E-state index contributed by atoms with van der Waals surface area (Å²) in [5.41, 5.74) is 35.7. The van der Waals surface area contributed by atoms with Crippen molar-refractivity contribution in [2.75, 3.05) is 9.80 Å². The van der Waals surface area contributed by atoms with Crippen molar-refractivity contribution in [2.24, 2.45) is 0 Å². The number of benzene rings is 17. The van der Waals surface area contributed by atoms with Crippen LogP contribution in [-0.2, 0) is 5.41 Å². The Morgan fingerprint density at radius 1 is 0.257 bits per heavy atom. The molecule has 0 atom stereocenters. The van der Waals surface area contributed by atoms with Crippen molar-refractivity contribution in [1.82, 2.24) is 9.13 Å². The zero-order chi connectivity index (χ0) is 75.4. The fourth-order valence-electron chi connectivity index (χ4n) is 18.1. The van der Waals surface area contributed by atoms with E-state index in [9.17, 15) is 0 Å². The first-order chi connectivity index (χ1) is 55.6. The van der Waals surface area contributed by atoms with Crippen molar-refractivity contribution >= 4 is 107 Å². The molecule has 0 N–H and O–H groups in total. The van der Waals surface area contributed by atoms with E-state index < -0.39 is 0 Å². The monoisotopic (exact) mass is 1440 g/mol. The number of para-hydroxylation sites is 4. The van der Waals surface area contributed by atoms with Crippen LogP contribution in [0.3, 0.4) is 0 Å². The molecule has 0 spiro atoms. The highest BCUT2D eigenvalue weighted by Crippen LogP contribution is 2.56. The van der Waals surface area contributed by atoms with Gasteiger partial charge in [-0.05, 0) is 185 Å². The lowest BCUT2D eigenvalue weighted by molar-refractivity contribution is 0.590. The second-order valence-electron chi connectivity index (χ2n) is 31.0. The van der Waals surface area contributed by atoms with Gasteiger partial charge in [0.25, 0.3) is 6.71 Å². The molecular formula is C107H74BN5. The smallest absolute Gasteiger partial charge is 0.252 e. The molecule has 0 fully saturated rings. The third-order valence-electron chi connectivity index (χ3n) is 23.4. The van der Waals surface area contributed by atoms with Gasteiger partial charge in [-0.1, -0.05) is 324 Å². The van der Waals surface area contributed by atoms with Gasteiger partial charge in [-0.15, -0.1) is 0 Å². The minimum Gasteiger partial charge on any atom is -0.310 e. The first kappa shape index (κ1) is 66.7. The largest absolute Gasteiger partial charge is 0.310 e. The average molecular weight is 1440 g/mol. The minimum atomic E-state index is -0.328. The van der Waals surface area contributed by atoms with Crippen LogP contribution >= 0.6 is 0 Å². The number of nitrogens with zero attached hydrogens (tertiary/aromatic N) is 5. The van der Waals surface area contributed by atoms with E-state index in [1.807, 2.05) is 12.1 Å². The Kier molecular flexibility index (Phi) is 15.9. The molecule has 0 radical (unpaired) electrons. The van der Waals surface area contributed by atoms with Crippen LogP contribution < -0.4 is 26.2 Å². The van der Waals surface area contributed by atoms with E-state index in [4.69, 9.17) is 6.57 Å². The number of anilines is 6. The van der Waals surface area contributed by atoms with Gasteiger partial charge < -0.3 is 18.9 Å². The Bertz CT molecular complexity index is 6900. The topological polar surface area (TPSA) is 20.7 Å². The van der Waals surface area contributed by atoms with E-state index in [2.05, 4.69) is 427 Å². The molecule has 5 nitrogen and oxygen atoms in total. The Morgan fingerprint density at radius 3 is 0.973 bits per heavy atom. The molecule has 2 aliphatic heterocycles. The molecule has 4 heterocycles.